The second kappa shape index (κ2) is 12.0. The van der Waals surface area contributed by atoms with Crippen LogP contribution in [0.5, 0.6) is 5.75 Å². The highest BCUT2D eigenvalue weighted by atomic mass is 31.2. The number of unbranched alkanes of at least 4 members (excludes halogenated alkanes) is 2. The predicted octanol–water partition coefficient (Wildman–Crippen LogP) is 2.45. The molecule has 5 atom stereocenters. The van der Waals surface area contributed by atoms with E-state index in [9.17, 15) is 19.9 Å². The van der Waals surface area contributed by atoms with Crippen molar-refractivity contribution >= 4 is 7.60 Å². The number of aliphatic hydroxyl groups excluding tert-OH is 3. The van der Waals surface area contributed by atoms with Crippen LogP contribution in [0.25, 0.3) is 11.1 Å². The maximum atomic E-state index is 11.2. The van der Waals surface area contributed by atoms with Gasteiger partial charge in [-0.2, -0.15) is 0 Å². The Morgan fingerprint density at radius 3 is 2.38 bits per heavy atom. The molecule has 3 rings (SSSR count). The topological polar surface area (TPSA) is 137 Å². The minimum Gasteiger partial charge on any atom is -0.462 e. The number of ether oxygens (including phenoxy) is 2. The van der Waals surface area contributed by atoms with Gasteiger partial charge in [0.2, 0.25) is 6.29 Å². The van der Waals surface area contributed by atoms with Crippen LogP contribution >= 0.6 is 7.60 Å². The summed E-state index contributed by atoms with van der Waals surface area (Å²) < 4.78 is 22.4. The zero-order chi connectivity index (χ0) is 24.7. The molecule has 34 heavy (non-hydrogen) atoms. The lowest BCUT2D eigenvalue weighted by molar-refractivity contribution is -0.272. The highest BCUT2D eigenvalue weighted by Crippen LogP contribution is 2.37. The van der Waals surface area contributed by atoms with E-state index in [2.05, 4.69) is 18.1 Å². The Labute approximate surface area is 199 Å². The maximum Gasteiger partial charge on any atom is 0.325 e. The summed E-state index contributed by atoms with van der Waals surface area (Å²) in [7, 11) is -4.31. The molecule has 1 unspecified atom stereocenters. The molecule has 2 aromatic rings. The summed E-state index contributed by atoms with van der Waals surface area (Å²) in [6.07, 6.45) is 1.30. The van der Waals surface area contributed by atoms with Gasteiger partial charge in [0.25, 0.3) is 0 Å². The average Bonchev–Trinajstić information content (AvgIpc) is 2.81. The van der Waals surface area contributed by atoms with Crippen LogP contribution in [0.2, 0.25) is 0 Å². The molecule has 0 aliphatic carbocycles. The van der Waals surface area contributed by atoms with E-state index in [1.54, 1.807) is 12.1 Å². The molecule has 1 heterocycles. The zero-order valence-electron chi connectivity index (χ0n) is 18.7. The van der Waals surface area contributed by atoms with Crippen LogP contribution in [0.3, 0.4) is 0 Å². The summed E-state index contributed by atoms with van der Waals surface area (Å²) in [6, 6.07) is 15.4. The van der Waals surface area contributed by atoms with Gasteiger partial charge in [-0.15, -0.1) is 12.3 Å². The van der Waals surface area contributed by atoms with Gasteiger partial charge in [0, 0.05) is 6.42 Å². The van der Waals surface area contributed by atoms with Gasteiger partial charge in [-0.05, 0) is 54.5 Å². The molecule has 0 aromatic heterocycles. The first-order valence-electron chi connectivity index (χ1n) is 11.2. The normalized spacial score (nSPS) is 25.0. The van der Waals surface area contributed by atoms with Crippen molar-refractivity contribution < 1.29 is 39.1 Å². The van der Waals surface area contributed by atoms with E-state index in [1.807, 2.05) is 24.3 Å². The molecule has 0 amide bonds. The summed E-state index contributed by atoms with van der Waals surface area (Å²) in [6.45, 7) is 0. The van der Waals surface area contributed by atoms with E-state index in [-0.39, 0.29) is 6.42 Å². The molecule has 0 radical (unpaired) electrons. The highest BCUT2D eigenvalue weighted by Gasteiger charge is 2.45. The van der Waals surface area contributed by atoms with Gasteiger partial charge in [-0.3, -0.25) is 4.57 Å². The Morgan fingerprint density at radius 2 is 1.71 bits per heavy atom. The Balaban J connectivity index is 1.64. The van der Waals surface area contributed by atoms with Gasteiger partial charge >= 0.3 is 7.60 Å². The molecule has 1 aliphatic heterocycles. The molecule has 0 bridgehead atoms. The lowest BCUT2D eigenvalue weighted by Crippen LogP contribution is -2.59. The molecular weight excluding hydrogens is 459 g/mol. The van der Waals surface area contributed by atoms with Crippen molar-refractivity contribution in [1.82, 2.24) is 0 Å². The first kappa shape index (κ1) is 26.4. The summed E-state index contributed by atoms with van der Waals surface area (Å²) in [5, 5.41) is 30.5. The van der Waals surface area contributed by atoms with Gasteiger partial charge < -0.3 is 34.6 Å². The Morgan fingerprint density at radius 1 is 0.971 bits per heavy atom. The van der Waals surface area contributed by atoms with Crippen LogP contribution in [0.4, 0.5) is 0 Å². The molecule has 9 heteroatoms. The quantitative estimate of drug-likeness (QED) is 0.195. The SMILES string of the molecule is C#CCCCCc1cccc(-c2ccc(O[C@H]3O[C@H](CCP(=O)(O)O)[C@@H](O)C(O)[C@@H]3O)cc2)c1. The Bertz CT molecular complexity index is 1010. The van der Waals surface area contributed by atoms with Crippen molar-refractivity contribution in [1.29, 1.82) is 0 Å². The Hall–Kier alpha value is -2.21. The van der Waals surface area contributed by atoms with Gasteiger partial charge in [0.1, 0.15) is 24.1 Å². The molecule has 8 nitrogen and oxygen atoms in total. The van der Waals surface area contributed by atoms with Gasteiger partial charge in [-0.25, -0.2) is 0 Å². The Kier molecular flexibility index (Phi) is 9.29. The second-order valence-electron chi connectivity index (χ2n) is 8.45. The molecule has 0 spiro atoms. The molecule has 0 saturated carbocycles. The van der Waals surface area contributed by atoms with Crippen LogP contribution in [-0.4, -0.2) is 62.0 Å². The molecule has 184 valence electrons. The average molecular weight is 490 g/mol. The van der Waals surface area contributed by atoms with E-state index < -0.39 is 44.5 Å². The molecule has 1 saturated heterocycles. The third-order valence-corrected chi connectivity index (χ3v) is 6.62. The first-order chi connectivity index (χ1) is 16.2. The third kappa shape index (κ3) is 7.39. The van der Waals surface area contributed by atoms with Gasteiger partial charge in [-0.1, -0.05) is 36.4 Å². The number of rotatable bonds is 10. The lowest BCUT2D eigenvalue weighted by Gasteiger charge is -2.40. The highest BCUT2D eigenvalue weighted by molar-refractivity contribution is 7.51. The zero-order valence-corrected chi connectivity index (χ0v) is 19.6. The van der Waals surface area contributed by atoms with Crippen molar-refractivity contribution in [2.24, 2.45) is 0 Å². The number of hydrogen-bond donors (Lipinski definition) is 5. The maximum absolute atomic E-state index is 11.2. The van der Waals surface area contributed by atoms with E-state index in [0.717, 1.165) is 36.8 Å². The molecule has 1 fully saturated rings. The van der Waals surface area contributed by atoms with E-state index in [4.69, 9.17) is 25.7 Å². The van der Waals surface area contributed by atoms with Crippen LogP contribution in [0.15, 0.2) is 48.5 Å². The summed E-state index contributed by atoms with van der Waals surface area (Å²) in [5.41, 5.74) is 3.24. The third-order valence-electron chi connectivity index (χ3n) is 5.78. The first-order valence-corrected chi connectivity index (χ1v) is 13.0. The molecular formula is C25H31O8P. The van der Waals surface area contributed by atoms with Gasteiger partial charge in [0.05, 0.1) is 12.3 Å². The lowest BCUT2D eigenvalue weighted by atomic mass is 9.97. The van der Waals surface area contributed by atoms with Crippen molar-refractivity contribution in [3.63, 3.8) is 0 Å². The monoisotopic (exact) mass is 490 g/mol. The largest absolute Gasteiger partial charge is 0.462 e. The van der Waals surface area contributed by atoms with E-state index in [1.165, 1.54) is 5.56 Å². The fourth-order valence-electron chi connectivity index (χ4n) is 3.87. The molecule has 1 aliphatic rings. The smallest absolute Gasteiger partial charge is 0.325 e. The standard InChI is InChI=1S/C25H31O8P/c1-2-3-4-5-7-17-8-6-9-19(16-17)18-10-12-20(13-11-18)32-25-24(28)23(27)22(26)21(33-25)14-15-34(29,30)31/h1,6,8-13,16,21-28H,3-5,7,14-15H2,(H2,29,30,31)/t21-,22-,23?,24+,25+/m1/s1. The van der Waals surface area contributed by atoms with Crippen molar-refractivity contribution in [2.75, 3.05) is 6.16 Å². The fourth-order valence-corrected chi connectivity index (χ4v) is 4.46. The number of aliphatic hydroxyl groups is 3. The van der Waals surface area contributed by atoms with E-state index in [0.29, 0.717) is 5.75 Å². The molecule has 5 N–H and O–H groups in total. The van der Waals surface area contributed by atoms with Crippen LogP contribution in [0, 0.1) is 12.3 Å². The van der Waals surface area contributed by atoms with Crippen molar-refractivity contribution in [3.8, 4) is 29.2 Å². The van der Waals surface area contributed by atoms with Gasteiger partial charge in [0.15, 0.2) is 0 Å². The number of benzene rings is 2. The van der Waals surface area contributed by atoms with E-state index >= 15 is 0 Å². The number of hydrogen-bond acceptors (Lipinski definition) is 6. The second-order valence-corrected chi connectivity index (χ2v) is 10.2. The summed E-state index contributed by atoms with van der Waals surface area (Å²) in [5.74, 6) is 3.02. The van der Waals surface area contributed by atoms with Crippen LogP contribution in [-0.2, 0) is 15.7 Å². The minimum atomic E-state index is -4.31. The molecule has 2 aromatic carbocycles. The minimum absolute atomic E-state index is 0.201. The number of aryl methyl sites for hydroxylation is 1. The summed E-state index contributed by atoms with van der Waals surface area (Å²) >= 11 is 0. The van der Waals surface area contributed by atoms with Crippen molar-refractivity contribution in [3.05, 3.63) is 54.1 Å². The van der Waals surface area contributed by atoms with Crippen molar-refractivity contribution in [2.45, 2.75) is 62.8 Å². The van der Waals surface area contributed by atoms with Crippen LogP contribution < -0.4 is 4.74 Å². The number of terminal acetylenes is 1. The fraction of sp³-hybridized carbons (Fsp3) is 0.440. The van der Waals surface area contributed by atoms with Crippen LogP contribution in [0.1, 0.15) is 31.2 Å². The predicted molar refractivity (Wildman–Crippen MR) is 127 cm³/mol. The summed E-state index contributed by atoms with van der Waals surface area (Å²) in [4.78, 5) is 18.2.